The van der Waals surface area contributed by atoms with Gasteiger partial charge in [-0.2, -0.15) is 4.31 Å². The Morgan fingerprint density at radius 2 is 1.83 bits per heavy atom. The van der Waals surface area contributed by atoms with Gasteiger partial charge >= 0.3 is 6.09 Å². The first-order valence-corrected chi connectivity index (χ1v) is 9.52. The van der Waals surface area contributed by atoms with Gasteiger partial charge in [0, 0.05) is 18.5 Å². The Hall–Kier alpha value is -1.12. The molecule has 0 aliphatic carbocycles. The number of carbonyl (C=O) groups is 1. The summed E-state index contributed by atoms with van der Waals surface area (Å²) in [4.78, 5) is 12.8. The first kappa shape index (κ1) is 19.9. The van der Waals surface area contributed by atoms with E-state index in [4.69, 9.17) is 4.74 Å². The Morgan fingerprint density at radius 3 is 2.26 bits per heavy atom. The molecule has 6 nitrogen and oxygen atoms in total. The van der Waals surface area contributed by atoms with Gasteiger partial charge in [-0.1, -0.05) is 0 Å². The molecule has 132 valence electrons. The van der Waals surface area contributed by atoms with Crippen LogP contribution < -0.4 is 5.32 Å². The summed E-state index contributed by atoms with van der Waals surface area (Å²) in [7, 11) is -2.06. The number of nitrogens with zero attached hydrogens (tertiary/aromatic N) is 1. The molecule has 1 aromatic rings. The molecule has 1 heterocycles. The van der Waals surface area contributed by atoms with Gasteiger partial charge in [0.1, 0.15) is 9.81 Å². The number of ether oxygens (including phenoxy) is 1. The number of amides is 1. The number of hydrogen-bond donors (Lipinski definition) is 1. The zero-order chi connectivity index (χ0) is 18.1. The second-order valence-electron chi connectivity index (χ2n) is 7.14. The molecule has 1 rings (SSSR count). The zero-order valence-corrected chi connectivity index (χ0v) is 16.4. The maximum atomic E-state index is 12.5. The smallest absolute Gasteiger partial charge is 0.408 e. The van der Waals surface area contributed by atoms with Crippen molar-refractivity contribution in [3.63, 3.8) is 0 Å². The van der Waals surface area contributed by atoms with Gasteiger partial charge in [0.15, 0.2) is 0 Å². The molecular weight excluding hydrogens is 336 g/mol. The highest BCUT2D eigenvalue weighted by molar-refractivity contribution is 7.91. The lowest BCUT2D eigenvalue weighted by Gasteiger charge is -2.31. The third kappa shape index (κ3) is 6.12. The zero-order valence-electron chi connectivity index (χ0n) is 14.8. The van der Waals surface area contributed by atoms with Crippen LogP contribution in [0.3, 0.4) is 0 Å². The molecule has 0 saturated heterocycles. The predicted molar refractivity (Wildman–Crippen MR) is 92.3 cm³/mol. The van der Waals surface area contributed by atoms with Gasteiger partial charge in [-0.15, -0.1) is 11.3 Å². The SMILES string of the molecule is Cc1ccc(S(=O)(=O)N(C)CC(C)(C)NC(=O)OC(C)(C)C)s1. The van der Waals surface area contributed by atoms with Gasteiger partial charge < -0.3 is 10.1 Å². The van der Waals surface area contributed by atoms with Crippen LogP contribution in [0, 0.1) is 6.92 Å². The summed E-state index contributed by atoms with van der Waals surface area (Å²) < 4.78 is 31.8. The largest absolute Gasteiger partial charge is 0.444 e. The van der Waals surface area contributed by atoms with Crippen molar-refractivity contribution in [1.29, 1.82) is 0 Å². The van der Waals surface area contributed by atoms with E-state index in [9.17, 15) is 13.2 Å². The minimum absolute atomic E-state index is 0.130. The number of carbonyl (C=O) groups excluding carboxylic acids is 1. The third-order valence-electron chi connectivity index (χ3n) is 2.84. The first-order chi connectivity index (χ1) is 10.2. The summed E-state index contributed by atoms with van der Waals surface area (Å²) in [5.41, 5.74) is -1.37. The van der Waals surface area contributed by atoms with Crippen molar-refractivity contribution in [2.75, 3.05) is 13.6 Å². The molecule has 0 fully saturated rings. The number of sulfonamides is 1. The van der Waals surface area contributed by atoms with E-state index in [0.717, 1.165) is 4.88 Å². The van der Waals surface area contributed by atoms with E-state index in [-0.39, 0.29) is 6.54 Å². The summed E-state index contributed by atoms with van der Waals surface area (Å²) >= 11 is 1.23. The number of likely N-dealkylation sites (N-methyl/N-ethyl adjacent to an activating group) is 1. The van der Waals surface area contributed by atoms with Crippen LogP contribution in [0.1, 0.15) is 39.5 Å². The van der Waals surface area contributed by atoms with Gasteiger partial charge in [-0.05, 0) is 53.7 Å². The summed E-state index contributed by atoms with van der Waals surface area (Å²) in [6.45, 7) is 10.8. The van der Waals surface area contributed by atoms with E-state index < -0.39 is 27.3 Å². The van der Waals surface area contributed by atoms with Crippen LogP contribution in [-0.4, -0.2) is 43.5 Å². The molecule has 1 amide bonds. The molecule has 0 spiro atoms. The van der Waals surface area contributed by atoms with Crippen molar-refractivity contribution in [2.24, 2.45) is 0 Å². The van der Waals surface area contributed by atoms with Gasteiger partial charge in [-0.25, -0.2) is 13.2 Å². The topological polar surface area (TPSA) is 75.7 Å². The second-order valence-corrected chi connectivity index (χ2v) is 10.7. The van der Waals surface area contributed by atoms with Crippen LogP contribution >= 0.6 is 11.3 Å². The molecule has 0 aliphatic heterocycles. The molecule has 0 unspecified atom stereocenters. The highest BCUT2D eigenvalue weighted by atomic mass is 32.2. The van der Waals surface area contributed by atoms with Crippen LogP contribution in [0.15, 0.2) is 16.3 Å². The standard InChI is InChI=1S/C15H26N2O4S2/c1-11-8-9-12(22-11)23(19,20)17(7)10-15(5,6)16-13(18)21-14(2,3)4/h8-9H,10H2,1-7H3,(H,16,18). The fourth-order valence-electron chi connectivity index (χ4n) is 1.97. The fourth-order valence-corrected chi connectivity index (χ4v) is 4.79. The van der Waals surface area contributed by atoms with Crippen molar-refractivity contribution < 1.29 is 17.9 Å². The van der Waals surface area contributed by atoms with Crippen LogP contribution in [0.2, 0.25) is 0 Å². The van der Waals surface area contributed by atoms with Gasteiger partial charge in [0.25, 0.3) is 10.0 Å². The molecule has 0 aliphatic rings. The number of aryl methyl sites for hydroxylation is 1. The Bertz CT molecular complexity index is 657. The maximum Gasteiger partial charge on any atom is 0.408 e. The minimum Gasteiger partial charge on any atom is -0.444 e. The maximum absolute atomic E-state index is 12.5. The van der Waals surface area contributed by atoms with E-state index >= 15 is 0 Å². The van der Waals surface area contributed by atoms with Gasteiger partial charge in [0.05, 0.1) is 5.54 Å². The number of rotatable bonds is 5. The Balaban J connectivity index is 2.78. The second kappa shape index (κ2) is 6.78. The molecule has 23 heavy (non-hydrogen) atoms. The Kier molecular flexibility index (Phi) is 5.88. The molecule has 1 N–H and O–H groups in total. The van der Waals surface area contributed by atoms with Crippen molar-refractivity contribution >= 4 is 27.5 Å². The van der Waals surface area contributed by atoms with Gasteiger partial charge in [0.2, 0.25) is 0 Å². The molecule has 0 bridgehead atoms. The highest BCUT2D eigenvalue weighted by Crippen LogP contribution is 2.24. The quantitative estimate of drug-likeness (QED) is 0.874. The van der Waals surface area contributed by atoms with Crippen molar-refractivity contribution in [1.82, 2.24) is 9.62 Å². The molecular formula is C15H26N2O4S2. The Morgan fingerprint density at radius 1 is 1.26 bits per heavy atom. The Labute approximate surface area is 142 Å². The molecule has 0 saturated carbocycles. The summed E-state index contributed by atoms with van der Waals surface area (Å²) in [6.07, 6.45) is -0.569. The monoisotopic (exact) mass is 362 g/mol. The minimum atomic E-state index is -3.56. The average molecular weight is 363 g/mol. The number of hydrogen-bond acceptors (Lipinski definition) is 5. The number of thiophene rings is 1. The lowest BCUT2D eigenvalue weighted by molar-refractivity contribution is 0.0464. The highest BCUT2D eigenvalue weighted by Gasteiger charge is 2.31. The first-order valence-electron chi connectivity index (χ1n) is 7.27. The number of nitrogens with one attached hydrogen (secondary N) is 1. The van der Waals surface area contributed by atoms with E-state index in [1.165, 1.54) is 22.7 Å². The molecule has 0 radical (unpaired) electrons. The van der Waals surface area contributed by atoms with Crippen LogP contribution in [-0.2, 0) is 14.8 Å². The average Bonchev–Trinajstić information content (AvgIpc) is 2.71. The fraction of sp³-hybridized carbons (Fsp3) is 0.667. The van der Waals surface area contributed by atoms with Crippen LogP contribution in [0.25, 0.3) is 0 Å². The van der Waals surface area contributed by atoms with Crippen LogP contribution in [0.5, 0.6) is 0 Å². The van der Waals surface area contributed by atoms with Gasteiger partial charge in [-0.3, -0.25) is 0 Å². The molecule has 0 atom stereocenters. The van der Waals surface area contributed by atoms with E-state index in [2.05, 4.69) is 5.32 Å². The normalized spacial score (nSPS) is 13.2. The third-order valence-corrected chi connectivity index (χ3v) is 6.11. The number of alkyl carbamates (subject to hydrolysis) is 1. The summed E-state index contributed by atoms with van der Waals surface area (Å²) in [5, 5.41) is 2.71. The molecule has 1 aromatic heterocycles. The van der Waals surface area contributed by atoms with Crippen molar-refractivity contribution in [2.45, 2.75) is 56.9 Å². The van der Waals surface area contributed by atoms with Crippen LogP contribution in [0.4, 0.5) is 4.79 Å². The van der Waals surface area contributed by atoms with E-state index in [1.807, 2.05) is 6.92 Å². The van der Waals surface area contributed by atoms with Crippen molar-refractivity contribution in [3.05, 3.63) is 17.0 Å². The predicted octanol–water partition coefficient (Wildman–Crippen LogP) is 2.98. The summed E-state index contributed by atoms with van der Waals surface area (Å²) in [5.74, 6) is 0. The van der Waals surface area contributed by atoms with E-state index in [1.54, 1.807) is 46.8 Å². The molecule has 0 aromatic carbocycles. The lowest BCUT2D eigenvalue weighted by Crippen LogP contribution is -2.52. The summed E-state index contributed by atoms with van der Waals surface area (Å²) in [6, 6.07) is 3.37. The molecule has 8 heteroatoms. The van der Waals surface area contributed by atoms with Crippen molar-refractivity contribution in [3.8, 4) is 0 Å². The van der Waals surface area contributed by atoms with E-state index in [0.29, 0.717) is 4.21 Å². The lowest BCUT2D eigenvalue weighted by atomic mass is 10.1.